The van der Waals surface area contributed by atoms with Gasteiger partial charge in [0.2, 0.25) is 11.8 Å². The Labute approximate surface area is 165 Å². The maximum atomic E-state index is 12.8. The van der Waals surface area contributed by atoms with Gasteiger partial charge in [0.05, 0.1) is 18.5 Å². The second kappa shape index (κ2) is 7.42. The molecule has 29 heavy (non-hydrogen) atoms. The van der Waals surface area contributed by atoms with Crippen molar-refractivity contribution < 1.29 is 22.7 Å². The van der Waals surface area contributed by atoms with Crippen LogP contribution in [0.25, 0.3) is 10.9 Å². The molecule has 2 aromatic heterocycles. The molecule has 0 spiro atoms. The summed E-state index contributed by atoms with van der Waals surface area (Å²) in [5.41, 5.74) is 1.22. The number of carbonyl (C=O) groups excluding carboxylic acids is 1. The van der Waals surface area contributed by atoms with Gasteiger partial charge in [-0.15, -0.1) is 0 Å². The summed E-state index contributed by atoms with van der Waals surface area (Å²) in [6.07, 6.45) is -0.954. The van der Waals surface area contributed by atoms with E-state index >= 15 is 0 Å². The molecule has 0 saturated carbocycles. The molecule has 152 valence electrons. The summed E-state index contributed by atoms with van der Waals surface area (Å²) in [5, 5.41) is 1.04. The van der Waals surface area contributed by atoms with Gasteiger partial charge in [0.1, 0.15) is 6.10 Å². The number of ether oxygens (including phenoxy) is 1. The van der Waals surface area contributed by atoms with E-state index in [1.165, 1.54) is 0 Å². The Bertz CT molecular complexity index is 1050. The first kappa shape index (κ1) is 19.3. The van der Waals surface area contributed by atoms with Crippen LogP contribution in [0.4, 0.5) is 13.2 Å². The average Bonchev–Trinajstić information content (AvgIpc) is 3.27. The van der Waals surface area contributed by atoms with Crippen molar-refractivity contribution in [2.75, 3.05) is 13.1 Å². The number of amides is 1. The van der Waals surface area contributed by atoms with Gasteiger partial charge in [0.15, 0.2) is 0 Å². The molecule has 0 N–H and O–H groups in total. The fourth-order valence-corrected chi connectivity index (χ4v) is 3.71. The number of fused-ring (bicyclic) bond motifs is 1. The maximum Gasteiger partial charge on any atom is 0.416 e. The van der Waals surface area contributed by atoms with Crippen molar-refractivity contribution in [1.82, 2.24) is 14.5 Å². The molecule has 1 fully saturated rings. The number of carbonyl (C=O) groups is 1. The topological polar surface area (TPSA) is 47.4 Å². The number of aromatic nitrogens is 2. The average molecular weight is 403 g/mol. The summed E-state index contributed by atoms with van der Waals surface area (Å²) < 4.78 is 46.1. The maximum absolute atomic E-state index is 12.8. The summed E-state index contributed by atoms with van der Waals surface area (Å²) in [5.74, 6) is -0.0994. The van der Waals surface area contributed by atoms with Gasteiger partial charge in [-0.05, 0) is 17.7 Å². The van der Waals surface area contributed by atoms with Crippen LogP contribution in [0.15, 0.2) is 48.8 Å². The Kier molecular flexibility index (Phi) is 4.94. The lowest BCUT2D eigenvalue weighted by Crippen LogP contribution is -2.32. The number of halogens is 3. The van der Waals surface area contributed by atoms with Crippen LogP contribution in [-0.4, -0.2) is 39.6 Å². The Hall–Kier alpha value is -3.03. The van der Waals surface area contributed by atoms with E-state index in [-0.39, 0.29) is 24.3 Å². The van der Waals surface area contributed by atoms with Crippen molar-refractivity contribution >= 4 is 16.8 Å². The monoisotopic (exact) mass is 403 g/mol. The van der Waals surface area contributed by atoms with Gasteiger partial charge in [-0.2, -0.15) is 13.2 Å². The molecule has 1 aliphatic heterocycles. The zero-order valence-corrected chi connectivity index (χ0v) is 15.8. The highest BCUT2D eigenvalue weighted by molar-refractivity contribution is 5.89. The number of benzene rings is 1. The number of hydrogen-bond acceptors (Lipinski definition) is 3. The molecule has 1 aliphatic rings. The Morgan fingerprint density at radius 3 is 2.86 bits per heavy atom. The van der Waals surface area contributed by atoms with Crippen molar-refractivity contribution in [2.24, 2.45) is 7.05 Å². The first-order valence-corrected chi connectivity index (χ1v) is 9.32. The predicted octanol–water partition coefficient (Wildman–Crippen LogP) is 3.81. The molecule has 5 nitrogen and oxygen atoms in total. The van der Waals surface area contributed by atoms with Crippen molar-refractivity contribution in [2.45, 2.75) is 25.1 Å². The molecule has 1 atom stereocenters. The Balaban J connectivity index is 1.40. The number of alkyl halides is 3. The molecular weight excluding hydrogens is 383 g/mol. The molecule has 0 radical (unpaired) electrons. The summed E-state index contributed by atoms with van der Waals surface area (Å²) in [4.78, 5) is 18.3. The van der Waals surface area contributed by atoms with E-state index in [1.807, 2.05) is 42.1 Å². The largest absolute Gasteiger partial charge is 0.472 e. The highest BCUT2D eigenvalue weighted by atomic mass is 19.4. The predicted molar refractivity (Wildman–Crippen MR) is 101 cm³/mol. The highest BCUT2D eigenvalue weighted by Gasteiger charge is 2.32. The third-order valence-corrected chi connectivity index (χ3v) is 5.17. The number of rotatable bonds is 4. The van der Waals surface area contributed by atoms with Crippen LogP contribution in [0.5, 0.6) is 5.88 Å². The van der Waals surface area contributed by atoms with E-state index in [0.717, 1.165) is 34.8 Å². The minimum atomic E-state index is -4.45. The van der Waals surface area contributed by atoms with Gasteiger partial charge in [-0.3, -0.25) is 4.79 Å². The van der Waals surface area contributed by atoms with Crippen LogP contribution in [0.2, 0.25) is 0 Å². The molecule has 1 aromatic carbocycles. The van der Waals surface area contributed by atoms with Gasteiger partial charge >= 0.3 is 6.18 Å². The van der Waals surface area contributed by atoms with Crippen molar-refractivity contribution in [3.05, 3.63) is 59.9 Å². The van der Waals surface area contributed by atoms with E-state index in [2.05, 4.69) is 4.98 Å². The molecule has 0 unspecified atom stereocenters. The van der Waals surface area contributed by atoms with Crippen molar-refractivity contribution in [3.8, 4) is 5.88 Å². The van der Waals surface area contributed by atoms with Crippen LogP contribution in [0.1, 0.15) is 17.5 Å². The molecule has 8 heteroatoms. The second-order valence-electron chi connectivity index (χ2n) is 7.21. The van der Waals surface area contributed by atoms with Crippen molar-refractivity contribution in [3.63, 3.8) is 0 Å². The van der Waals surface area contributed by atoms with E-state index in [9.17, 15) is 18.0 Å². The van der Waals surface area contributed by atoms with Crippen LogP contribution >= 0.6 is 0 Å². The molecule has 1 amide bonds. The SMILES string of the molecule is Cn1cc(CC(=O)N2CC[C@@H](Oc3cc(C(F)(F)F)ccn3)C2)c2ccccc21. The number of pyridine rings is 1. The lowest BCUT2D eigenvalue weighted by molar-refractivity contribution is -0.137. The van der Waals surface area contributed by atoms with E-state index < -0.39 is 11.7 Å². The van der Waals surface area contributed by atoms with Gasteiger partial charge < -0.3 is 14.2 Å². The van der Waals surface area contributed by atoms with Crippen LogP contribution < -0.4 is 4.74 Å². The second-order valence-corrected chi connectivity index (χ2v) is 7.21. The lowest BCUT2D eigenvalue weighted by Gasteiger charge is -2.17. The highest BCUT2D eigenvalue weighted by Crippen LogP contribution is 2.31. The normalized spacial score (nSPS) is 17.1. The first-order valence-electron chi connectivity index (χ1n) is 9.32. The molecular formula is C21H20F3N3O2. The fourth-order valence-electron chi connectivity index (χ4n) is 3.71. The first-order chi connectivity index (χ1) is 13.8. The molecule has 1 saturated heterocycles. The minimum absolute atomic E-state index is 0.0237. The number of hydrogen-bond donors (Lipinski definition) is 0. The van der Waals surface area contributed by atoms with Gasteiger partial charge in [-0.1, -0.05) is 18.2 Å². The van der Waals surface area contributed by atoms with Gasteiger partial charge in [0, 0.05) is 49.4 Å². The summed E-state index contributed by atoms with van der Waals surface area (Å²) in [6.45, 7) is 0.842. The molecule has 4 rings (SSSR count). The summed E-state index contributed by atoms with van der Waals surface area (Å²) in [7, 11) is 1.94. The summed E-state index contributed by atoms with van der Waals surface area (Å²) >= 11 is 0. The standard InChI is InChI=1S/C21H20F3N3O2/c1-26-12-14(17-4-2-3-5-18(17)26)10-20(28)27-9-7-16(13-27)29-19-11-15(6-8-25-19)21(22,23)24/h2-6,8,11-12,16H,7,9-10,13H2,1H3/t16-/m1/s1. The lowest BCUT2D eigenvalue weighted by atomic mass is 10.1. The van der Waals surface area contributed by atoms with Gasteiger partial charge in [0.25, 0.3) is 0 Å². The fraction of sp³-hybridized carbons (Fsp3) is 0.333. The minimum Gasteiger partial charge on any atom is -0.472 e. The van der Waals surface area contributed by atoms with E-state index in [4.69, 9.17) is 4.74 Å². The zero-order valence-electron chi connectivity index (χ0n) is 15.8. The van der Waals surface area contributed by atoms with Crippen LogP contribution in [0.3, 0.4) is 0 Å². The zero-order chi connectivity index (χ0) is 20.6. The molecule has 3 aromatic rings. The molecule has 0 bridgehead atoms. The quantitative estimate of drug-likeness (QED) is 0.666. The smallest absolute Gasteiger partial charge is 0.416 e. The Morgan fingerprint density at radius 2 is 2.07 bits per heavy atom. The molecule has 3 heterocycles. The summed E-state index contributed by atoms with van der Waals surface area (Å²) in [6, 6.07) is 9.69. The van der Waals surface area contributed by atoms with Crippen LogP contribution in [-0.2, 0) is 24.4 Å². The third-order valence-electron chi connectivity index (χ3n) is 5.17. The van der Waals surface area contributed by atoms with Crippen molar-refractivity contribution in [1.29, 1.82) is 0 Å². The number of para-hydroxylation sites is 1. The Morgan fingerprint density at radius 1 is 1.28 bits per heavy atom. The van der Waals surface area contributed by atoms with Crippen LogP contribution in [0, 0.1) is 0 Å². The van der Waals surface area contributed by atoms with Gasteiger partial charge in [-0.25, -0.2) is 4.98 Å². The van der Waals surface area contributed by atoms with E-state index in [0.29, 0.717) is 19.5 Å². The number of nitrogens with zero attached hydrogens (tertiary/aromatic N) is 3. The number of aryl methyl sites for hydroxylation is 1. The van der Waals surface area contributed by atoms with E-state index in [1.54, 1.807) is 4.90 Å². The third kappa shape index (κ3) is 4.06. The molecule has 0 aliphatic carbocycles. The number of likely N-dealkylation sites (tertiary alicyclic amines) is 1.